The Hall–Kier alpha value is -1.26. The SMILES string of the molecule is COc1cc(O)cc2c1CC1CCCCCC2(C)C1NO. The average molecular weight is 291 g/mol. The fourth-order valence-corrected chi connectivity index (χ4v) is 4.48. The van der Waals surface area contributed by atoms with Gasteiger partial charge in [-0.25, -0.2) is 5.48 Å². The van der Waals surface area contributed by atoms with Crippen molar-refractivity contribution in [2.45, 2.75) is 56.9 Å². The number of nitrogens with one attached hydrogen (secondary N) is 1. The fourth-order valence-electron chi connectivity index (χ4n) is 4.48. The summed E-state index contributed by atoms with van der Waals surface area (Å²) >= 11 is 0. The molecule has 0 radical (unpaired) electrons. The molecule has 0 amide bonds. The number of benzene rings is 1. The van der Waals surface area contributed by atoms with Gasteiger partial charge in [0, 0.05) is 17.5 Å². The summed E-state index contributed by atoms with van der Waals surface area (Å²) in [4.78, 5) is 0. The number of phenols is 1. The second-order valence-electron chi connectivity index (χ2n) is 6.76. The van der Waals surface area contributed by atoms with Crippen LogP contribution in [0.1, 0.15) is 50.2 Å². The van der Waals surface area contributed by atoms with E-state index < -0.39 is 0 Å². The smallest absolute Gasteiger partial charge is 0.126 e. The Kier molecular flexibility index (Phi) is 3.84. The van der Waals surface area contributed by atoms with Crippen molar-refractivity contribution in [2.75, 3.05) is 7.11 Å². The van der Waals surface area contributed by atoms with Crippen molar-refractivity contribution in [2.24, 2.45) is 5.92 Å². The summed E-state index contributed by atoms with van der Waals surface area (Å²) in [5.41, 5.74) is 4.76. The van der Waals surface area contributed by atoms with E-state index in [-0.39, 0.29) is 17.2 Å². The van der Waals surface area contributed by atoms with E-state index in [1.165, 1.54) is 18.4 Å². The Morgan fingerprint density at radius 1 is 1.29 bits per heavy atom. The zero-order valence-electron chi connectivity index (χ0n) is 12.9. The van der Waals surface area contributed by atoms with Crippen molar-refractivity contribution in [3.05, 3.63) is 23.3 Å². The molecule has 3 N–H and O–H groups in total. The lowest BCUT2D eigenvalue weighted by Gasteiger charge is -2.48. The molecule has 0 spiro atoms. The van der Waals surface area contributed by atoms with Crippen molar-refractivity contribution in [1.82, 2.24) is 5.48 Å². The maximum Gasteiger partial charge on any atom is 0.126 e. The number of phenolic OH excluding ortho intramolecular Hbond substituents is 1. The standard InChI is InChI=1S/C17H25NO3/c1-17-7-5-3-4-6-11(16(17)18-20)8-13-14(17)9-12(19)10-15(13)21-2/h9-11,16,18-20H,3-8H2,1-2H3. The van der Waals surface area contributed by atoms with Crippen molar-refractivity contribution < 1.29 is 15.1 Å². The normalized spacial score (nSPS) is 32.0. The van der Waals surface area contributed by atoms with Crippen molar-refractivity contribution in [3.63, 3.8) is 0 Å². The van der Waals surface area contributed by atoms with Crippen molar-refractivity contribution in [1.29, 1.82) is 0 Å². The number of hydrogen-bond acceptors (Lipinski definition) is 4. The zero-order valence-corrected chi connectivity index (χ0v) is 12.9. The minimum absolute atomic E-state index is 0.0387. The lowest BCUT2D eigenvalue weighted by molar-refractivity contribution is 0.0347. The van der Waals surface area contributed by atoms with Crippen LogP contribution in [0.4, 0.5) is 0 Å². The van der Waals surface area contributed by atoms with Gasteiger partial charge in [-0.3, -0.25) is 0 Å². The zero-order chi connectivity index (χ0) is 15.0. The van der Waals surface area contributed by atoms with E-state index in [0.29, 0.717) is 5.92 Å². The van der Waals surface area contributed by atoms with E-state index in [2.05, 4.69) is 12.4 Å². The molecule has 1 fully saturated rings. The Morgan fingerprint density at radius 3 is 2.81 bits per heavy atom. The lowest BCUT2D eigenvalue weighted by atomic mass is 9.59. The van der Waals surface area contributed by atoms with Crippen LogP contribution in [0.25, 0.3) is 0 Å². The van der Waals surface area contributed by atoms with Gasteiger partial charge in [-0.1, -0.05) is 26.2 Å². The van der Waals surface area contributed by atoms with Gasteiger partial charge in [0.05, 0.1) is 7.11 Å². The van der Waals surface area contributed by atoms with E-state index in [1.807, 2.05) is 6.07 Å². The van der Waals surface area contributed by atoms with E-state index in [1.54, 1.807) is 13.2 Å². The first-order valence-electron chi connectivity index (χ1n) is 7.90. The predicted octanol–water partition coefficient (Wildman–Crippen LogP) is 3.14. The first-order chi connectivity index (χ1) is 10.1. The molecule has 3 unspecified atom stereocenters. The number of aromatic hydroxyl groups is 1. The molecule has 0 saturated heterocycles. The summed E-state index contributed by atoms with van der Waals surface area (Å²) in [5, 5.41) is 19.8. The van der Waals surface area contributed by atoms with Gasteiger partial charge in [-0.2, -0.15) is 0 Å². The van der Waals surface area contributed by atoms with Gasteiger partial charge in [-0.15, -0.1) is 0 Å². The molecule has 0 aromatic heterocycles. The number of fused-ring (bicyclic) bond motifs is 4. The van der Waals surface area contributed by atoms with Crippen molar-refractivity contribution in [3.8, 4) is 11.5 Å². The molecule has 21 heavy (non-hydrogen) atoms. The number of rotatable bonds is 2. The predicted molar refractivity (Wildman–Crippen MR) is 81.0 cm³/mol. The van der Waals surface area contributed by atoms with Crippen LogP contribution >= 0.6 is 0 Å². The second-order valence-corrected chi connectivity index (χ2v) is 6.76. The fraction of sp³-hybridized carbons (Fsp3) is 0.647. The third kappa shape index (κ3) is 2.30. The van der Waals surface area contributed by atoms with Gasteiger partial charge in [0.2, 0.25) is 0 Å². The van der Waals surface area contributed by atoms with E-state index in [9.17, 15) is 10.3 Å². The lowest BCUT2D eigenvalue weighted by Crippen LogP contribution is -2.54. The quantitative estimate of drug-likeness (QED) is 0.733. The molecule has 4 heteroatoms. The van der Waals surface area contributed by atoms with Crippen LogP contribution in [0.2, 0.25) is 0 Å². The van der Waals surface area contributed by atoms with Crippen LogP contribution < -0.4 is 10.2 Å². The van der Waals surface area contributed by atoms with Crippen LogP contribution in [0, 0.1) is 5.92 Å². The van der Waals surface area contributed by atoms with Crippen LogP contribution in [-0.4, -0.2) is 23.5 Å². The van der Waals surface area contributed by atoms with Gasteiger partial charge >= 0.3 is 0 Å². The summed E-state index contributed by atoms with van der Waals surface area (Å²) in [7, 11) is 1.66. The summed E-state index contributed by atoms with van der Waals surface area (Å²) in [6.45, 7) is 2.20. The minimum Gasteiger partial charge on any atom is -0.508 e. The molecule has 0 heterocycles. The Labute approximate surface area is 126 Å². The van der Waals surface area contributed by atoms with E-state index >= 15 is 0 Å². The van der Waals surface area contributed by atoms with Gasteiger partial charge in [0.15, 0.2) is 0 Å². The van der Waals surface area contributed by atoms with E-state index in [0.717, 1.165) is 37.0 Å². The minimum atomic E-state index is -0.167. The summed E-state index contributed by atoms with van der Waals surface area (Å²) in [5.74, 6) is 1.42. The molecule has 2 aliphatic rings. The van der Waals surface area contributed by atoms with E-state index in [4.69, 9.17) is 4.74 Å². The molecule has 1 aromatic carbocycles. The highest BCUT2D eigenvalue weighted by molar-refractivity contribution is 5.52. The number of methoxy groups -OCH3 is 1. The summed E-state index contributed by atoms with van der Waals surface area (Å²) in [6, 6.07) is 3.60. The van der Waals surface area contributed by atoms with Gasteiger partial charge in [-0.05, 0) is 42.4 Å². The maximum absolute atomic E-state index is 10.0. The first-order valence-corrected chi connectivity index (χ1v) is 7.90. The van der Waals surface area contributed by atoms with Gasteiger partial charge in [0.25, 0.3) is 0 Å². The Morgan fingerprint density at radius 2 is 2.10 bits per heavy atom. The molecule has 3 atom stereocenters. The van der Waals surface area contributed by atoms with Crippen LogP contribution in [0.3, 0.4) is 0 Å². The average Bonchev–Trinajstić information content (AvgIpc) is 2.46. The van der Waals surface area contributed by atoms with Crippen LogP contribution in [0.15, 0.2) is 12.1 Å². The Bertz CT molecular complexity index is 531. The molecular weight excluding hydrogens is 266 g/mol. The molecule has 2 bridgehead atoms. The molecular formula is C17H25NO3. The number of ether oxygens (including phenoxy) is 1. The molecule has 1 saturated carbocycles. The first kappa shape index (κ1) is 14.7. The van der Waals surface area contributed by atoms with Gasteiger partial charge < -0.3 is 15.1 Å². The second kappa shape index (κ2) is 5.50. The molecule has 3 rings (SSSR count). The van der Waals surface area contributed by atoms with Crippen LogP contribution in [-0.2, 0) is 11.8 Å². The molecule has 0 aliphatic heterocycles. The number of hydrogen-bond donors (Lipinski definition) is 3. The molecule has 116 valence electrons. The highest BCUT2D eigenvalue weighted by Gasteiger charge is 2.46. The molecule has 2 aliphatic carbocycles. The highest BCUT2D eigenvalue weighted by Crippen LogP contribution is 2.49. The molecule has 1 aromatic rings. The van der Waals surface area contributed by atoms with Crippen molar-refractivity contribution >= 4 is 0 Å². The Balaban J connectivity index is 2.18. The maximum atomic E-state index is 10.0. The van der Waals surface area contributed by atoms with Crippen LogP contribution in [0.5, 0.6) is 11.5 Å². The largest absolute Gasteiger partial charge is 0.508 e. The number of hydroxylamine groups is 1. The summed E-state index contributed by atoms with van der Waals surface area (Å²) in [6.07, 6.45) is 6.65. The third-order valence-corrected chi connectivity index (χ3v) is 5.56. The monoisotopic (exact) mass is 291 g/mol. The highest BCUT2D eigenvalue weighted by atomic mass is 16.5. The van der Waals surface area contributed by atoms with Gasteiger partial charge in [0.1, 0.15) is 11.5 Å². The molecule has 4 nitrogen and oxygen atoms in total. The third-order valence-electron chi connectivity index (χ3n) is 5.56. The topological polar surface area (TPSA) is 61.7 Å². The summed E-state index contributed by atoms with van der Waals surface area (Å²) < 4.78 is 5.50.